The van der Waals surface area contributed by atoms with Gasteiger partial charge in [0.1, 0.15) is 6.07 Å². The number of hydrogen-bond donors (Lipinski definition) is 0. The Kier molecular flexibility index (Phi) is 4.98. The quantitative estimate of drug-likeness (QED) is 0.625. The summed E-state index contributed by atoms with van der Waals surface area (Å²) in [5, 5.41) is 8.95. The number of alkyl halides is 3. The second-order valence-electron chi connectivity index (χ2n) is 3.18. The predicted molar refractivity (Wildman–Crippen MR) is 59.4 cm³/mol. The van der Waals surface area contributed by atoms with Crippen molar-refractivity contribution in [2.45, 2.75) is 19.2 Å². The second kappa shape index (κ2) is 6.26. The summed E-state index contributed by atoms with van der Waals surface area (Å²) in [6.45, 7) is 1.56. The van der Waals surface area contributed by atoms with Gasteiger partial charge in [-0.05, 0) is 6.92 Å². The summed E-state index contributed by atoms with van der Waals surface area (Å²) in [6, 6.07) is 1.67. The number of ether oxygens (including phenoxy) is 1. The number of rotatable bonds is 4. The van der Waals surface area contributed by atoms with Crippen molar-refractivity contribution in [1.82, 2.24) is 4.98 Å². The molecule has 1 heterocycles. The summed E-state index contributed by atoms with van der Waals surface area (Å²) in [5.74, 6) is -1.13. The summed E-state index contributed by atoms with van der Waals surface area (Å²) in [5.41, 5.74) is -1.27. The molecule has 0 atom stereocenters. The Bertz CT molecular complexity index is 501. The maximum atomic E-state index is 12.8. The minimum Gasteiger partial charge on any atom is -0.462 e. The molecule has 0 N–H and O–H groups in total. The number of carbonyl (C=O) groups excluding carboxylic acids is 1. The van der Waals surface area contributed by atoms with E-state index in [1.54, 1.807) is 6.07 Å². The van der Waals surface area contributed by atoms with Crippen LogP contribution in [-0.4, -0.2) is 17.6 Å². The number of halogens is 3. The third-order valence-corrected chi connectivity index (χ3v) is 2.39. The van der Waals surface area contributed by atoms with E-state index in [1.165, 1.54) is 6.92 Å². The normalized spacial score (nSPS) is 10.2. The number of esters is 1. The lowest BCUT2D eigenvalue weighted by Gasteiger charge is -2.11. The first-order valence-electron chi connectivity index (χ1n) is 4.99. The Morgan fingerprint density at radius 3 is 2.78 bits per heavy atom. The molecule has 1 aromatic heterocycles. The number of aromatic nitrogens is 1. The van der Waals surface area contributed by atoms with Crippen molar-refractivity contribution in [2.75, 3.05) is 6.61 Å². The molecule has 0 unspecified atom stereocenters. The molecular weight excluding hydrogens is 266 g/mol. The van der Waals surface area contributed by atoms with Crippen molar-refractivity contribution in [3.8, 4) is 6.07 Å². The van der Waals surface area contributed by atoms with E-state index >= 15 is 0 Å². The molecule has 0 aliphatic heterocycles. The van der Waals surface area contributed by atoms with E-state index in [9.17, 15) is 13.6 Å². The van der Waals surface area contributed by atoms with E-state index in [0.29, 0.717) is 0 Å². The monoisotopic (exact) mass is 274 g/mol. The van der Waals surface area contributed by atoms with E-state index < -0.39 is 23.5 Å². The maximum Gasteiger partial charge on any atom is 0.340 e. The van der Waals surface area contributed by atoms with Gasteiger partial charge in [0.05, 0.1) is 34.9 Å². The van der Waals surface area contributed by atoms with Crippen LogP contribution >= 0.6 is 11.6 Å². The second-order valence-corrected chi connectivity index (χ2v) is 3.44. The first-order chi connectivity index (χ1) is 8.56. The maximum absolute atomic E-state index is 12.8. The molecule has 1 rings (SSSR count). The molecule has 0 saturated heterocycles. The van der Waals surface area contributed by atoms with Crippen LogP contribution in [-0.2, 0) is 10.6 Å². The van der Waals surface area contributed by atoms with Crippen molar-refractivity contribution in [2.24, 2.45) is 0 Å². The fourth-order valence-corrected chi connectivity index (χ4v) is 1.58. The van der Waals surface area contributed by atoms with Gasteiger partial charge < -0.3 is 4.74 Å². The molecule has 4 nitrogen and oxygen atoms in total. The summed E-state index contributed by atoms with van der Waals surface area (Å²) in [6.07, 6.45) is -2.08. The zero-order valence-electron chi connectivity index (χ0n) is 9.41. The minimum absolute atomic E-state index is 0.0188. The Morgan fingerprint density at radius 1 is 1.67 bits per heavy atom. The van der Waals surface area contributed by atoms with Crippen LogP contribution in [0.1, 0.15) is 40.5 Å². The SMILES string of the molecule is CCOC(=O)c1c(C(F)F)cnc(CCl)c1C#N. The van der Waals surface area contributed by atoms with Gasteiger partial charge in [0.2, 0.25) is 0 Å². The molecule has 0 spiro atoms. The summed E-state index contributed by atoms with van der Waals surface area (Å²) < 4.78 is 30.2. The number of nitriles is 1. The van der Waals surface area contributed by atoms with E-state index in [2.05, 4.69) is 9.72 Å². The Morgan fingerprint density at radius 2 is 2.33 bits per heavy atom. The molecule has 0 aromatic carbocycles. The lowest BCUT2D eigenvalue weighted by Crippen LogP contribution is -2.13. The van der Waals surface area contributed by atoms with Crippen molar-refractivity contribution < 1.29 is 18.3 Å². The molecule has 0 saturated carbocycles. The lowest BCUT2D eigenvalue weighted by molar-refractivity contribution is 0.0514. The Hall–Kier alpha value is -1.74. The highest BCUT2D eigenvalue weighted by atomic mass is 35.5. The van der Waals surface area contributed by atoms with Gasteiger partial charge in [-0.2, -0.15) is 5.26 Å². The van der Waals surface area contributed by atoms with Crippen LogP contribution in [0.15, 0.2) is 6.20 Å². The number of hydrogen-bond acceptors (Lipinski definition) is 4. The Balaban J connectivity index is 3.49. The molecule has 0 fully saturated rings. The van der Waals surface area contributed by atoms with Crippen LogP contribution in [0, 0.1) is 11.3 Å². The van der Waals surface area contributed by atoms with Gasteiger partial charge in [0, 0.05) is 6.20 Å². The molecule has 1 aromatic rings. The van der Waals surface area contributed by atoms with E-state index in [4.69, 9.17) is 16.9 Å². The molecule has 0 radical (unpaired) electrons. The van der Waals surface area contributed by atoms with Crippen molar-refractivity contribution >= 4 is 17.6 Å². The van der Waals surface area contributed by atoms with Crippen molar-refractivity contribution in [1.29, 1.82) is 5.26 Å². The van der Waals surface area contributed by atoms with Crippen LogP contribution in [0.25, 0.3) is 0 Å². The van der Waals surface area contributed by atoms with Gasteiger partial charge in [0.25, 0.3) is 6.43 Å². The van der Waals surface area contributed by atoms with Crippen molar-refractivity contribution in [3.05, 3.63) is 28.6 Å². The number of pyridine rings is 1. The molecule has 96 valence electrons. The van der Waals surface area contributed by atoms with Gasteiger partial charge in [-0.15, -0.1) is 11.6 Å². The molecule has 0 amide bonds. The van der Waals surface area contributed by atoms with Gasteiger partial charge in [-0.1, -0.05) is 0 Å². The minimum atomic E-state index is -2.92. The van der Waals surface area contributed by atoms with Crippen LogP contribution in [0.5, 0.6) is 0 Å². The van der Waals surface area contributed by atoms with Gasteiger partial charge in [-0.25, -0.2) is 13.6 Å². The van der Waals surface area contributed by atoms with Gasteiger partial charge in [0.15, 0.2) is 0 Å². The zero-order valence-corrected chi connectivity index (χ0v) is 10.2. The average Bonchev–Trinajstić information content (AvgIpc) is 2.36. The topological polar surface area (TPSA) is 63.0 Å². The summed E-state index contributed by atoms with van der Waals surface area (Å²) in [4.78, 5) is 15.3. The Labute approximate surface area is 107 Å². The molecule has 0 aliphatic rings. The van der Waals surface area contributed by atoms with Crippen LogP contribution in [0.4, 0.5) is 8.78 Å². The third kappa shape index (κ3) is 2.74. The smallest absolute Gasteiger partial charge is 0.340 e. The van der Waals surface area contributed by atoms with Crippen LogP contribution in [0.2, 0.25) is 0 Å². The summed E-state index contributed by atoms with van der Waals surface area (Å²) in [7, 11) is 0. The lowest BCUT2D eigenvalue weighted by atomic mass is 10.0. The van der Waals surface area contributed by atoms with Crippen LogP contribution in [0.3, 0.4) is 0 Å². The fourth-order valence-electron chi connectivity index (χ4n) is 1.38. The summed E-state index contributed by atoms with van der Waals surface area (Å²) >= 11 is 5.54. The molecule has 18 heavy (non-hydrogen) atoms. The average molecular weight is 275 g/mol. The highest BCUT2D eigenvalue weighted by Gasteiger charge is 2.26. The fraction of sp³-hybridized carbons (Fsp3) is 0.364. The number of nitrogens with zero attached hydrogens (tertiary/aromatic N) is 2. The molecule has 7 heteroatoms. The first kappa shape index (κ1) is 14.3. The van der Waals surface area contributed by atoms with E-state index in [-0.39, 0.29) is 23.7 Å². The van der Waals surface area contributed by atoms with E-state index in [0.717, 1.165) is 6.20 Å². The zero-order chi connectivity index (χ0) is 13.7. The van der Waals surface area contributed by atoms with Gasteiger partial charge in [-0.3, -0.25) is 4.98 Å². The van der Waals surface area contributed by atoms with E-state index in [1.807, 2.05) is 0 Å². The molecule has 0 aliphatic carbocycles. The number of carbonyl (C=O) groups is 1. The first-order valence-corrected chi connectivity index (χ1v) is 5.53. The standard InChI is InChI=1S/C11H9ClF2N2O2/c1-2-18-11(17)9-6(4-15)8(3-12)16-5-7(9)10(13)14/h5,10H,2-3H2,1H3. The largest absolute Gasteiger partial charge is 0.462 e. The van der Waals surface area contributed by atoms with Crippen LogP contribution < -0.4 is 0 Å². The highest BCUT2D eigenvalue weighted by Crippen LogP contribution is 2.27. The molecule has 0 bridgehead atoms. The molecular formula is C11H9ClF2N2O2. The van der Waals surface area contributed by atoms with Gasteiger partial charge >= 0.3 is 5.97 Å². The highest BCUT2D eigenvalue weighted by molar-refractivity contribution is 6.17. The van der Waals surface area contributed by atoms with Crippen molar-refractivity contribution in [3.63, 3.8) is 0 Å². The predicted octanol–water partition coefficient (Wildman–Crippen LogP) is 2.81. The third-order valence-electron chi connectivity index (χ3n) is 2.14.